The molecule has 64 valence electrons. The molecule has 2 atom stereocenters. The number of hydrogen-bond acceptors (Lipinski definition) is 1. The Morgan fingerprint density at radius 2 is 2.18 bits per heavy atom. The van der Waals surface area contributed by atoms with Crippen LogP contribution in [0, 0.1) is 17.8 Å². The summed E-state index contributed by atoms with van der Waals surface area (Å²) in [6.07, 6.45) is 3.15. The maximum Gasteiger partial charge on any atom is 0.135 e. The fourth-order valence-electron chi connectivity index (χ4n) is 1.77. The summed E-state index contributed by atoms with van der Waals surface area (Å²) in [5.41, 5.74) is 0. The molecule has 0 radical (unpaired) electrons. The number of hydrogen-bond donors (Lipinski definition) is 0. The zero-order chi connectivity index (χ0) is 8.43. The van der Waals surface area contributed by atoms with Crippen LogP contribution in [0.15, 0.2) is 0 Å². The van der Waals surface area contributed by atoms with Gasteiger partial charge >= 0.3 is 0 Å². The minimum absolute atomic E-state index is 0.447. The molecule has 0 aromatic rings. The molecular weight excluding hydrogens is 136 g/mol. The summed E-state index contributed by atoms with van der Waals surface area (Å²) in [6, 6.07) is 0. The second kappa shape index (κ2) is 3.38. The first kappa shape index (κ1) is 8.76. The first-order valence-corrected chi connectivity index (χ1v) is 4.67. The number of carbonyl (C=O) groups excluding carboxylic acids is 1. The SMILES string of the molecule is CCC(=O)C1CC1CC(C)C. The normalized spacial score (nSPS) is 29.1. The van der Waals surface area contributed by atoms with Crippen LogP contribution in [-0.2, 0) is 4.79 Å². The molecule has 1 aliphatic carbocycles. The maximum atomic E-state index is 11.2. The van der Waals surface area contributed by atoms with Gasteiger partial charge in [0.25, 0.3) is 0 Å². The van der Waals surface area contributed by atoms with Gasteiger partial charge < -0.3 is 0 Å². The largest absolute Gasteiger partial charge is 0.299 e. The van der Waals surface area contributed by atoms with Crippen LogP contribution in [0.2, 0.25) is 0 Å². The van der Waals surface area contributed by atoms with E-state index in [1.807, 2.05) is 6.92 Å². The molecule has 0 bridgehead atoms. The summed E-state index contributed by atoms with van der Waals surface area (Å²) in [7, 11) is 0. The van der Waals surface area contributed by atoms with Gasteiger partial charge in [-0.3, -0.25) is 4.79 Å². The molecule has 0 amide bonds. The molecule has 0 aromatic carbocycles. The van der Waals surface area contributed by atoms with Crippen LogP contribution in [0.4, 0.5) is 0 Å². The highest BCUT2D eigenvalue weighted by Crippen LogP contribution is 2.44. The average molecular weight is 154 g/mol. The molecule has 1 nitrogen and oxygen atoms in total. The van der Waals surface area contributed by atoms with Gasteiger partial charge in [-0.1, -0.05) is 20.8 Å². The second-order valence-corrected chi connectivity index (χ2v) is 4.05. The summed E-state index contributed by atoms with van der Waals surface area (Å²) >= 11 is 0. The molecule has 1 fully saturated rings. The minimum atomic E-state index is 0.447. The van der Waals surface area contributed by atoms with Gasteiger partial charge in [-0.25, -0.2) is 0 Å². The van der Waals surface area contributed by atoms with Gasteiger partial charge in [-0.2, -0.15) is 0 Å². The first-order valence-electron chi connectivity index (χ1n) is 4.67. The van der Waals surface area contributed by atoms with Gasteiger partial charge in [0, 0.05) is 12.3 Å². The Hall–Kier alpha value is -0.330. The van der Waals surface area contributed by atoms with Crippen molar-refractivity contribution in [3.63, 3.8) is 0 Å². The van der Waals surface area contributed by atoms with E-state index in [2.05, 4.69) is 13.8 Å². The number of Topliss-reactive ketones (excluding diaryl/α,β-unsaturated/α-hetero) is 1. The van der Waals surface area contributed by atoms with E-state index >= 15 is 0 Å². The summed E-state index contributed by atoms with van der Waals surface area (Å²) < 4.78 is 0. The van der Waals surface area contributed by atoms with Crippen molar-refractivity contribution >= 4 is 5.78 Å². The van der Waals surface area contributed by atoms with Crippen LogP contribution < -0.4 is 0 Å². The molecule has 0 saturated heterocycles. The predicted octanol–water partition coefficient (Wildman–Crippen LogP) is 2.65. The first-order chi connectivity index (χ1) is 5.15. The topological polar surface area (TPSA) is 17.1 Å². The van der Waals surface area contributed by atoms with Crippen molar-refractivity contribution in [2.24, 2.45) is 17.8 Å². The third-order valence-electron chi connectivity index (χ3n) is 2.46. The standard InChI is InChI=1S/C10H18O/c1-4-10(11)9-6-8(9)5-7(2)3/h7-9H,4-6H2,1-3H3. The summed E-state index contributed by atoms with van der Waals surface area (Å²) in [6.45, 7) is 6.42. The molecule has 1 heteroatoms. The fourth-order valence-corrected chi connectivity index (χ4v) is 1.77. The Labute approximate surface area is 69.2 Å². The molecule has 0 heterocycles. The van der Waals surface area contributed by atoms with Crippen molar-refractivity contribution in [1.82, 2.24) is 0 Å². The van der Waals surface area contributed by atoms with Crippen LogP contribution in [0.3, 0.4) is 0 Å². The Kier molecular flexibility index (Phi) is 2.69. The molecule has 0 aromatic heterocycles. The average Bonchev–Trinajstić information content (AvgIpc) is 2.65. The molecule has 1 rings (SSSR count). The predicted molar refractivity (Wildman–Crippen MR) is 46.4 cm³/mol. The Morgan fingerprint density at radius 1 is 1.55 bits per heavy atom. The summed E-state index contributed by atoms with van der Waals surface area (Å²) in [4.78, 5) is 11.2. The van der Waals surface area contributed by atoms with Crippen molar-refractivity contribution in [2.75, 3.05) is 0 Å². The summed E-state index contributed by atoms with van der Waals surface area (Å²) in [5, 5.41) is 0. The van der Waals surface area contributed by atoms with Crippen LogP contribution in [0.5, 0.6) is 0 Å². The molecule has 1 aliphatic rings. The van der Waals surface area contributed by atoms with Crippen molar-refractivity contribution in [1.29, 1.82) is 0 Å². The van der Waals surface area contributed by atoms with Gasteiger partial charge in [-0.05, 0) is 24.7 Å². The van der Waals surface area contributed by atoms with Gasteiger partial charge in [-0.15, -0.1) is 0 Å². The molecule has 11 heavy (non-hydrogen) atoms. The lowest BCUT2D eigenvalue weighted by atomic mass is 10.0. The fraction of sp³-hybridized carbons (Fsp3) is 0.900. The van der Waals surface area contributed by atoms with Crippen molar-refractivity contribution < 1.29 is 4.79 Å². The Bertz CT molecular complexity index is 149. The van der Waals surface area contributed by atoms with Crippen LogP contribution >= 0.6 is 0 Å². The maximum absolute atomic E-state index is 11.2. The zero-order valence-electron chi connectivity index (χ0n) is 7.76. The quantitative estimate of drug-likeness (QED) is 0.608. The van der Waals surface area contributed by atoms with Crippen molar-refractivity contribution in [3.8, 4) is 0 Å². The van der Waals surface area contributed by atoms with E-state index < -0.39 is 0 Å². The van der Waals surface area contributed by atoms with Crippen LogP contribution in [0.1, 0.15) is 40.0 Å². The van der Waals surface area contributed by atoms with E-state index in [0.29, 0.717) is 11.7 Å². The van der Waals surface area contributed by atoms with E-state index in [4.69, 9.17) is 0 Å². The molecule has 1 saturated carbocycles. The van der Waals surface area contributed by atoms with Crippen LogP contribution in [-0.4, -0.2) is 5.78 Å². The highest BCUT2D eigenvalue weighted by atomic mass is 16.1. The third-order valence-corrected chi connectivity index (χ3v) is 2.46. The molecule has 0 aliphatic heterocycles. The lowest BCUT2D eigenvalue weighted by Gasteiger charge is -2.01. The van der Waals surface area contributed by atoms with Gasteiger partial charge in [0.2, 0.25) is 0 Å². The van der Waals surface area contributed by atoms with E-state index in [1.165, 1.54) is 12.8 Å². The van der Waals surface area contributed by atoms with Crippen molar-refractivity contribution in [3.05, 3.63) is 0 Å². The highest BCUT2D eigenvalue weighted by molar-refractivity contribution is 5.83. The van der Waals surface area contributed by atoms with Crippen LogP contribution in [0.25, 0.3) is 0 Å². The van der Waals surface area contributed by atoms with E-state index in [9.17, 15) is 4.79 Å². The summed E-state index contributed by atoms with van der Waals surface area (Å²) in [5.74, 6) is 2.43. The van der Waals surface area contributed by atoms with Crippen molar-refractivity contribution in [2.45, 2.75) is 40.0 Å². The van der Waals surface area contributed by atoms with Gasteiger partial charge in [0.05, 0.1) is 0 Å². The van der Waals surface area contributed by atoms with Gasteiger partial charge in [0.15, 0.2) is 0 Å². The van der Waals surface area contributed by atoms with E-state index in [0.717, 1.165) is 18.3 Å². The van der Waals surface area contributed by atoms with E-state index in [-0.39, 0.29) is 0 Å². The smallest absolute Gasteiger partial charge is 0.135 e. The number of ketones is 1. The Morgan fingerprint density at radius 3 is 2.64 bits per heavy atom. The molecule has 2 unspecified atom stereocenters. The lowest BCUT2D eigenvalue weighted by Crippen LogP contribution is -2.01. The lowest BCUT2D eigenvalue weighted by molar-refractivity contribution is -0.120. The molecule has 0 N–H and O–H groups in total. The number of rotatable bonds is 4. The minimum Gasteiger partial charge on any atom is -0.299 e. The number of carbonyl (C=O) groups is 1. The van der Waals surface area contributed by atoms with E-state index in [1.54, 1.807) is 0 Å². The highest BCUT2D eigenvalue weighted by Gasteiger charge is 2.41. The zero-order valence-corrected chi connectivity index (χ0v) is 7.76. The Balaban J connectivity index is 2.21. The molecular formula is C10H18O. The second-order valence-electron chi connectivity index (χ2n) is 4.05. The third kappa shape index (κ3) is 2.32. The monoisotopic (exact) mass is 154 g/mol. The van der Waals surface area contributed by atoms with Gasteiger partial charge in [0.1, 0.15) is 5.78 Å². The molecule has 0 spiro atoms.